The standard InChI is InChI=1S/C11H10ClF3N2O2/c12-9-7(2-1-4-16-9)19-8-3-5-17(10(8)18)6-11(13,14)15/h1-2,4,8H,3,5-6H2/t8-/m1/s1. The number of hydrogen-bond acceptors (Lipinski definition) is 3. The number of likely N-dealkylation sites (tertiary alicyclic amines) is 1. The maximum absolute atomic E-state index is 12.2. The minimum absolute atomic E-state index is 0.0148. The van der Waals surface area contributed by atoms with E-state index in [1.807, 2.05) is 0 Å². The second kappa shape index (κ2) is 5.24. The average Bonchev–Trinajstić information content (AvgIpc) is 2.63. The summed E-state index contributed by atoms with van der Waals surface area (Å²) in [7, 11) is 0. The van der Waals surface area contributed by atoms with Crippen LogP contribution in [-0.2, 0) is 4.79 Å². The summed E-state index contributed by atoms with van der Waals surface area (Å²) in [4.78, 5) is 16.2. The zero-order valence-electron chi connectivity index (χ0n) is 9.65. The second-order valence-electron chi connectivity index (χ2n) is 4.06. The van der Waals surface area contributed by atoms with Crippen LogP contribution in [0.15, 0.2) is 18.3 Å². The number of carbonyl (C=O) groups is 1. The lowest BCUT2D eigenvalue weighted by atomic mass is 10.3. The van der Waals surface area contributed by atoms with Crippen LogP contribution in [0, 0.1) is 0 Å². The van der Waals surface area contributed by atoms with E-state index in [2.05, 4.69) is 4.98 Å². The van der Waals surface area contributed by atoms with E-state index < -0.39 is 24.7 Å². The zero-order valence-corrected chi connectivity index (χ0v) is 10.4. The maximum atomic E-state index is 12.2. The molecule has 8 heteroatoms. The SMILES string of the molecule is O=C1[C@H](Oc2cccnc2Cl)CCN1CC(F)(F)F. The third kappa shape index (κ3) is 3.50. The molecular weight excluding hydrogens is 285 g/mol. The third-order valence-corrected chi connectivity index (χ3v) is 2.90. The molecule has 0 saturated carbocycles. The molecule has 0 spiro atoms. The van der Waals surface area contributed by atoms with E-state index in [0.29, 0.717) is 0 Å². The smallest absolute Gasteiger partial charge is 0.406 e. The molecule has 4 nitrogen and oxygen atoms in total. The number of hydrogen-bond donors (Lipinski definition) is 0. The van der Waals surface area contributed by atoms with Crippen molar-refractivity contribution in [3.8, 4) is 5.75 Å². The largest absolute Gasteiger partial charge is 0.477 e. The van der Waals surface area contributed by atoms with Gasteiger partial charge in [0.25, 0.3) is 5.91 Å². The van der Waals surface area contributed by atoms with Gasteiger partial charge in [0.1, 0.15) is 6.54 Å². The van der Waals surface area contributed by atoms with Crippen LogP contribution in [0.1, 0.15) is 6.42 Å². The van der Waals surface area contributed by atoms with Crippen molar-refractivity contribution in [2.45, 2.75) is 18.7 Å². The molecule has 2 heterocycles. The van der Waals surface area contributed by atoms with Crippen molar-refractivity contribution in [2.75, 3.05) is 13.1 Å². The molecule has 0 N–H and O–H groups in total. The highest BCUT2D eigenvalue weighted by molar-refractivity contribution is 6.30. The predicted molar refractivity (Wildman–Crippen MR) is 60.9 cm³/mol. The molecule has 1 fully saturated rings. The fourth-order valence-electron chi connectivity index (χ4n) is 1.81. The van der Waals surface area contributed by atoms with Crippen molar-refractivity contribution in [1.82, 2.24) is 9.88 Å². The number of halogens is 4. The third-order valence-electron chi connectivity index (χ3n) is 2.61. The molecule has 0 radical (unpaired) electrons. The number of carbonyl (C=O) groups excluding carboxylic acids is 1. The summed E-state index contributed by atoms with van der Waals surface area (Å²) in [6.45, 7) is -1.24. The molecule has 0 bridgehead atoms. The Morgan fingerprint density at radius 1 is 1.53 bits per heavy atom. The number of rotatable bonds is 3. The normalized spacial score (nSPS) is 19.9. The van der Waals surface area contributed by atoms with Crippen LogP contribution in [0.5, 0.6) is 5.75 Å². The fraction of sp³-hybridized carbons (Fsp3) is 0.455. The van der Waals surface area contributed by atoms with Gasteiger partial charge in [-0.3, -0.25) is 4.79 Å². The van der Waals surface area contributed by atoms with Crippen LogP contribution in [0.25, 0.3) is 0 Å². The van der Waals surface area contributed by atoms with Gasteiger partial charge in [0.05, 0.1) is 0 Å². The molecule has 2 rings (SSSR count). The summed E-state index contributed by atoms with van der Waals surface area (Å²) >= 11 is 5.75. The van der Waals surface area contributed by atoms with Crippen molar-refractivity contribution in [2.24, 2.45) is 0 Å². The first-order valence-electron chi connectivity index (χ1n) is 5.49. The minimum Gasteiger partial charge on any atom is -0.477 e. The molecule has 19 heavy (non-hydrogen) atoms. The number of nitrogens with zero attached hydrogens (tertiary/aromatic N) is 2. The summed E-state index contributed by atoms with van der Waals surface area (Å²) in [6.07, 6.45) is -3.71. The number of amides is 1. The van der Waals surface area contributed by atoms with Crippen LogP contribution in [0.2, 0.25) is 5.15 Å². The molecule has 1 aromatic rings. The van der Waals surface area contributed by atoms with Crippen molar-refractivity contribution in [1.29, 1.82) is 0 Å². The molecule has 104 valence electrons. The first kappa shape index (κ1) is 13.9. The first-order valence-corrected chi connectivity index (χ1v) is 5.87. The van der Waals surface area contributed by atoms with Gasteiger partial charge in [-0.25, -0.2) is 4.98 Å². The fourth-order valence-corrected chi connectivity index (χ4v) is 1.97. The van der Waals surface area contributed by atoms with Crippen molar-refractivity contribution in [3.63, 3.8) is 0 Å². The summed E-state index contributed by atoms with van der Waals surface area (Å²) in [5.41, 5.74) is 0. The quantitative estimate of drug-likeness (QED) is 0.803. The molecule has 1 aliphatic heterocycles. The lowest BCUT2D eigenvalue weighted by molar-refractivity contribution is -0.159. The van der Waals surface area contributed by atoms with Crippen molar-refractivity contribution >= 4 is 17.5 Å². The van der Waals surface area contributed by atoms with E-state index in [1.165, 1.54) is 12.3 Å². The monoisotopic (exact) mass is 294 g/mol. The Hall–Kier alpha value is -1.50. The lowest BCUT2D eigenvalue weighted by Crippen LogP contribution is -2.38. The van der Waals surface area contributed by atoms with Gasteiger partial charge in [-0.15, -0.1) is 0 Å². The molecule has 0 unspecified atom stereocenters. The average molecular weight is 295 g/mol. The molecule has 0 aromatic carbocycles. The molecule has 1 aromatic heterocycles. The van der Waals surface area contributed by atoms with E-state index in [9.17, 15) is 18.0 Å². The molecule has 0 aliphatic carbocycles. The molecule has 1 amide bonds. The Morgan fingerprint density at radius 3 is 2.89 bits per heavy atom. The molecule has 1 atom stereocenters. The van der Waals surface area contributed by atoms with Crippen LogP contribution < -0.4 is 4.74 Å². The van der Waals surface area contributed by atoms with Crippen LogP contribution in [-0.4, -0.2) is 41.2 Å². The van der Waals surface area contributed by atoms with Gasteiger partial charge in [0, 0.05) is 19.2 Å². The summed E-state index contributed by atoms with van der Waals surface area (Å²) in [5, 5.41) is 0.0737. The molecular formula is C11H10ClF3N2O2. The van der Waals surface area contributed by atoms with Gasteiger partial charge in [0.15, 0.2) is 17.0 Å². The highest BCUT2D eigenvalue weighted by Gasteiger charge is 2.40. The zero-order chi connectivity index (χ0) is 14.0. The second-order valence-corrected chi connectivity index (χ2v) is 4.42. The highest BCUT2D eigenvalue weighted by Crippen LogP contribution is 2.26. The number of pyridine rings is 1. The van der Waals surface area contributed by atoms with Crippen LogP contribution >= 0.6 is 11.6 Å². The van der Waals surface area contributed by atoms with E-state index >= 15 is 0 Å². The topological polar surface area (TPSA) is 42.4 Å². The van der Waals surface area contributed by atoms with Gasteiger partial charge < -0.3 is 9.64 Å². The van der Waals surface area contributed by atoms with Gasteiger partial charge in [-0.05, 0) is 12.1 Å². The number of ether oxygens (including phenoxy) is 1. The number of alkyl halides is 3. The minimum atomic E-state index is -4.41. The van der Waals surface area contributed by atoms with Gasteiger partial charge in [0.2, 0.25) is 0 Å². The summed E-state index contributed by atoms with van der Waals surface area (Å²) in [5.74, 6) is -0.492. The van der Waals surface area contributed by atoms with E-state index in [-0.39, 0.29) is 23.9 Å². The molecule has 1 saturated heterocycles. The summed E-state index contributed by atoms with van der Waals surface area (Å²) in [6, 6.07) is 3.07. The van der Waals surface area contributed by atoms with Gasteiger partial charge in [-0.2, -0.15) is 13.2 Å². The Bertz CT molecular complexity index is 481. The lowest BCUT2D eigenvalue weighted by Gasteiger charge is -2.18. The highest BCUT2D eigenvalue weighted by atomic mass is 35.5. The Labute approximate surface area is 112 Å². The Kier molecular flexibility index (Phi) is 3.84. The van der Waals surface area contributed by atoms with Crippen molar-refractivity contribution < 1.29 is 22.7 Å². The first-order chi connectivity index (χ1) is 8.87. The van der Waals surface area contributed by atoms with E-state index in [4.69, 9.17) is 16.3 Å². The molecule has 1 aliphatic rings. The van der Waals surface area contributed by atoms with E-state index in [1.54, 1.807) is 6.07 Å². The van der Waals surface area contributed by atoms with Gasteiger partial charge in [-0.1, -0.05) is 11.6 Å². The van der Waals surface area contributed by atoms with Crippen LogP contribution in [0.4, 0.5) is 13.2 Å². The Morgan fingerprint density at radius 2 is 2.26 bits per heavy atom. The summed E-state index contributed by atoms with van der Waals surface area (Å²) < 4.78 is 42.0. The predicted octanol–water partition coefficient (Wildman–Crippen LogP) is 2.28. The van der Waals surface area contributed by atoms with Gasteiger partial charge >= 0.3 is 6.18 Å². The Balaban J connectivity index is 2.01. The van der Waals surface area contributed by atoms with Crippen LogP contribution in [0.3, 0.4) is 0 Å². The van der Waals surface area contributed by atoms with Crippen molar-refractivity contribution in [3.05, 3.63) is 23.5 Å². The maximum Gasteiger partial charge on any atom is 0.406 e. The van der Waals surface area contributed by atoms with E-state index in [0.717, 1.165) is 4.90 Å². The number of aromatic nitrogens is 1.